The molecule has 0 bridgehead atoms. The summed E-state index contributed by atoms with van der Waals surface area (Å²) in [7, 11) is 1.59. The van der Waals surface area contributed by atoms with Crippen LogP contribution in [-0.2, 0) is 4.74 Å². The van der Waals surface area contributed by atoms with E-state index in [1.807, 2.05) is 39.8 Å². The van der Waals surface area contributed by atoms with E-state index in [-0.39, 0.29) is 12.2 Å². The molecule has 0 saturated heterocycles. The highest BCUT2D eigenvalue weighted by molar-refractivity contribution is 5.25. The number of aliphatic hydroxyl groups is 3. The summed E-state index contributed by atoms with van der Waals surface area (Å²) in [5.41, 5.74) is 6.05. The van der Waals surface area contributed by atoms with E-state index in [4.69, 9.17) is 15.6 Å². The minimum atomic E-state index is -0.367. The lowest BCUT2D eigenvalue weighted by atomic mass is 10.0. The topological polar surface area (TPSA) is 68.3 Å². The molecule has 18 heavy (non-hydrogen) atoms. The summed E-state index contributed by atoms with van der Waals surface area (Å²) in [4.78, 5) is 0. The maximum Gasteiger partial charge on any atom is 0.228 e. The van der Waals surface area contributed by atoms with Crippen LogP contribution in [0.2, 0.25) is 0 Å². The smallest absolute Gasteiger partial charge is 0.228 e. The van der Waals surface area contributed by atoms with Crippen molar-refractivity contribution in [1.29, 1.82) is 0 Å². The quantitative estimate of drug-likeness (QED) is 0.416. The normalized spacial score (nSPS) is 14.7. The third kappa shape index (κ3) is 5.77. The summed E-state index contributed by atoms with van der Waals surface area (Å²) in [5.74, 6) is 1.53. The second-order valence-electron chi connectivity index (χ2n) is 4.58. The first-order valence-corrected chi connectivity index (χ1v) is 6.04. The van der Waals surface area contributed by atoms with Gasteiger partial charge in [0.2, 0.25) is 11.4 Å². The van der Waals surface area contributed by atoms with E-state index < -0.39 is 0 Å². The summed E-state index contributed by atoms with van der Waals surface area (Å²) < 4.78 is 9.77. The van der Waals surface area contributed by atoms with Crippen LogP contribution >= 0.6 is 0 Å². The van der Waals surface area contributed by atoms with Gasteiger partial charge >= 0.3 is 0 Å². The summed E-state index contributed by atoms with van der Waals surface area (Å²) >= 11 is 0. The van der Waals surface area contributed by atoms with Crippen molar-refractivity contribution in [3.8, 4) is 0 Å². The number of rotatable bonds is 7. The second kappa shape index (κ2) is 7.82. The molecule has 0 aromatic rings. The Kier molecular flexibility index (Phi) is 7.20. The SMILES string of the molecule is C/C=C(/CCO)[OH+]C(C)(C)/C=C(C)\C(=C\N)OC. The van der Waals surface area contributed by atoms with Crippen LogP contribution in [0.5, 0.6) is 0 Å². The van der Waals surface area contributed by atoms with Gasteiger partial charge in [-0.2, -0.15) is 0 Å². The number of hydrogen-bond donors (Lipinski definition) is 2. The van der Waals surface area contributed by atoms with Crippen molar-refractivity contribution >= 4 is 0 Å². The Bertz CT molecular complexity index is 341. The minimum absolute atomic E-state index is 0.105. The number of allylic oxidation sites excluding steroid dienone is 2. The molecule has 0 fully saturated rings. The van der Waals surface area contributed by atoms with Gasteiger partial charge in [-0.25, -0.2) is 0 Å². The zero-order valence-electron chi connectivity index (χ0n) is 12.0. The van der Waals surface area contributed by atoms with E-state index in [1.54, 1.807) is 7.11 Å². The van der Waals surface area contributed by atoms with Gasteiger partial charge in [0.25, 0.3) is 0 Å². The van der Waals surface area contributed by atoms with Crippen molar-refractivity contribution in [3.05, 3.63) is 35.4 Å². The highest BCUT2D eigenvalue weighted by Gasteiger charge is 2.23. The Balaban J connectivity index is 4.88. The van der Waals surface area contributed by atoms with Crippen LogP contribution in [0.4, 0.5) is 0 Å². The molecular formula is C14H26NO3+. The Labute approximate surface area is 110 Å². The summed E-state index contributed by atoms with van der Waals surface area (Å²) in [6, 6.07) is 0. The molecule has 0 unspecified atom stereocenters. The van der Waals surface area contributed by atoms with Gasteiger partial charge in [-0.1, -0.05) is 0 Å². The molecule has 0 heterocycles. The van der Waals surface area contributed by atoms with Crippen LogP contribution in [0.1, 0.15) is 34.1 Å². The number of ether oxygens (including phenoxy) is 2. The highest BCUT2D eigenvalue weighted by atomic mass is 16.5. The lowest BCUT2D eigenvalue weighted by molar-refractivity contribution is -0.0850. The summed E-state index contributed by atoms with van der Waals surface area (Å²) in [5, 5.41) is 8.95. The van der Waals surface area contributed by atoms with Crippen LogP contribution in [-0.4, -0.2) is 29.2 Å². The Hall–Kier alpha value is -1.42. The minimum Gasteiger partial charge on any atom is -0.579 e. The first-order valence-electron chi connectivity index (χ1n) is 6.04. The van der Waals surface area contributed by atoms with Crippen molar-refractivity contribution in [3.63, 3.8) is 0 Å². The molecule has 0 aromatic carbocycles. The van der Waals surface area contributed by atoms with E-state index in [0.717, 1.165) is 11.3 Å². The van der Waals surface area contributed by atoms with Crippen LogP contribution in [0.3, 0.4) is 0 Å². The average molecular weight is 256 g/mol. The molecule has 0 rings (SSSR count). The van der Waals surface area contributed by atoms with Crippen LogP contribution in [0.15, 0.2) is 35.4 Å². The van der Waals surface area contributed by atoms with Crippen molar-refractivity contribution in [2.75, 3.05) is 13.7 Å². The molecule has 0 spiro atoms. The average Bonchev–Trinajstić information content (AvgIpc) is 2.29. The van der Waals surface area contributed by atoms with Crippen molar-refractivity contribution < 1.29 is 14.6 Å². The third-order valence-electron chi connectivity index (χ3n) is 2.46. The Morgan fingerprint density at radius 1 is 1.44 bits per heavy atom. The van der Waals surface area contributed by atoms with Crippen LogP contribution in [0.25, 0.3) is 0 Å². The molecule has 0 aromatic heterocycles. The van der Waals surface area contributed by atoms with Gasteiger partial charge in [0.1, 0.15) is 5.76 Å². The number of methoxy groups -OCH3 is 1. The van der Waals surface area contributed by atoms with Crippen molar-refractivity contribution in [2.24, 2.45) is 5.73 Å². The van der Waals surface area contributed by atoms with Gasteiger partial charge in [-0.15, -0.1) is 0 Å². The maximum absolute atomic E-state index is 8.95. The van der Waals surface area contributed by atoms with Gasteiger partial charge in [0, 0.05) is 32.2 Å². The molecule has 0 aliphatic heterocycles. The van der Waals surface area contributed by atoms with Gasteiger partial charge < -0.3 is 20.3 Å². The lowest BCUT2D eigenvalue weighted by Crippen LogP contribution is -2.26. The lowest BCUT2D eigenvalue weighted by Gasteiger charge is -2.23. The molecule has 0 saturated carbocycles. The summed E-state index contributed by atoms with van der Waals surface area (Å²) in [6.45, 7) is 7.96. The van der Waals surface area contributed by atoms with E-state index in [1.165, 1.54) is 6.20 Å². The van der Waals surface area contributed by atoms with Crippen LogP contribution < -0.4 is 5.73 Å². The first-order chi connectivity index (χ1) is 8.40. The van der Waals surface area contributed by atoms with Gasteiger partial charge in [-0.3, -0.25) is 0 Å². The van der Waals surface area contributed by atoms with E-state index >= 15 is 0 Å². The molecule has 104 valence electrons. The van der Waals surface area contributed by atoms with Crippen LogP contribution in [0, 0.1) is 0 Å². The monoisotopic (exact) mass is 256 g/mol. The molecule has 4 nitrogen and oxygen atoms in total. The van der Waals surface area contributed by atoms with Crippen molar-refractivity contribution in [2.45, 2.75) is 39.7 Å². The highest BCUT2D eigenvalue weighted by Crippen LogP contribution is 2.20. The predicted octanol–water partition coefficient (Wildman–Crippen LogP) is 1.97. The van der Waals surface area contributed by atoms with Crippen molar-refractivity contribution in [1.82, 2.24) is 0 Å². The molecular weight excluding hydrogens is 230 g/mol. The zero-order chi connectivity index (χ0) is 14.2. The zero-order valence-corrected chi connectivity index (χ0v) is 12.0. The van der Waals surface area contributed by atoms with Gasteiger partial charge in [0.15, 0.2) is 0 Å². The fourth-order valence-electron chi connectivity index (χ4n) is 1.74. The maximum atomic E-state index is 8.95. The van der Waals surface area contributed by atoms with Gasteiger partial charge in [0.05, 0.1) is 20.1 Å². The fraction of sp³-hybridized carbons (Fsp3) is 0.571. The van der Waals surface area contributed by atoms with E-state index in [0.29, 0.717) is 12.2 Å². The number of aliphatic hydroxyl groups excluding tert-OH is 1. The Morgan fingerprint density at radius 2 is 2.06 bits per heavy atom. The third-order valence-corrected chi connectivity index (χ3v) is 2.46. The first kappa shape index (κ1) is 16.6. The molecule has 4 N–H and O–H groups in total. The van der Waals surface area contributed by atoms with Gasteiger partial charge in [-0.05, 0) is 19.4 Å². The predicted molar refractivity (Wildman–Crippen MR) is 74.8 cm³/mol. The summed E-state index contributed by atoms with van der Waals surface area (Å²) in [6.07, 6.45) is 5.91. The molecule has 0 amide bonds. The number of hydrogen-bond acceptors (Lipinski definition) is 3. The molecule has 0 aliphatic rings. The molecule has 0 atom stereocenters. The molecule has 0 radical (unpaired) electrons. The molecule has 0 aliphatic carbocycles. The Morgan fingerprint density at radius 3 is 2.44 bits per heavy atom. The number of nitrogens with two attached hydrogens (primary N) is 1. The fourth-order valence-corrected chi connectivity index (χ4v) is 1.74. The second-order valence-corrected chi connectivity index (χ2v) is 4.58. The standard InChI is InChI=1S/C14H25NO3/c1-6-12(7-8-16)18-14(3,4)9-11(2)13(10-15)17-5/h6,9-10,16H,7-8,15H2,1-5H3/p+1/b11-9-,12-6-,13-10-. The van der Waals surface area contributed by atoms with E-state index in [9.17, 15) is 0 Å². The largest absolute Gasteiger partial charge is 0.579 e. The molecule has 4 heteroatoms. The van der Waals surface area contributed by atoms with E-state index in [2.05, 4.69) is 4.74 Å².